The monoisotopic (exact) mass is 481 g/mol. The van der Waals surface area contributed by atoms with Gasteiger partial charge in [0.2, 0.25) is 0 Å². The van der Waals surface area contributed by atoms with Gasteiger partial charge in [-0.3, -0.25) is 4.79 Å². The number of aromatic carboxylic acids is 1. The predicted octanol–water partition coefficient (Wildman–Crippen LogP) is 1.96. The summed E-state index contributed by atoms with van der Waals surface area (Å²) in [6.07, 6.45) is -2.98. The van der Waals surface area contributed by atoms with Crippen LogP contribution in [0.5, 0.6) is 5.75 Å². The van der Waals surface area contributed by atoms with Crippen LogP contribution in [0.15, 0.2) is 23.0 Å². The smallest absolute Gasteiger partial charge is 0.490 e. The molecule has 3 aliphatic rings. The summed E-state index contributed by atoms with van der Waals surface area (Å²) in [7, 11) is 0. The lowest BCUT2D eigenvalue weighted by Crippen LogP contribution is -2.28. The van der Waals surface area contributed by atoms with E-state index in [4.69, 9.17) is 15.6 Å². The van der Waals surface area contributed by atoms with Crippen molar-refractivity contribution in [3.63, 3.8) is 0 Å². The van der Waals surface area contributed by atoms with Crippen LogP contribution < -0.4 is 16.2 Å². The number of carboxylic acids is 2. The second-order valence-corrected chi connectivity index (χ2v) is 8.64. The maximum absolute atomic E-state index is 12.2. The van der Waals surface area contributed by atoms with E-state index in [1.54, 1.807) is 0 Å². The van der Waals surface area contributed by atoms with Crippen LogP contribution in [0.3, 0.4) is 0 Å². The van der Waals surface area contributed by atoms with Crippen molar-refractivity contribution in [2.24, 2.45) is 17.6 Å². The maximum atomic E-state index is 12.2. The molecular formula is C22H22F3N3O6. The lowest BCUT2D eigenvalue weighted by Gasteiger charge is -2.23. The van der Waals surface area contributed by atoms with Crippen molar-refractivity contribution in [2.75, 3.05) is 18.0 Å². The Morgan fingerprint density at radius 3 is 2.29 bits per heavy atom. The zero-order chi connectivity index (χ0) is 24.9. The Bertz CT molecular complexity index is 1210. The Balaban J connectivity index is 0.000000344. The van der Waals surface area contributed by atoms with Crippen LogP contribution in [-0.2, 0) is 17.6 Å². The number of halogens is 3. The first-order chi connectivity index (χ1) is 15.9. The average Bonchev–Trinajstić information content (AvgIpc) is 3.17. The zero-order valence-corrected chi connectivity index (χ0v) is 17.7. The van der Waals surface area contributed by atoms with Crippen LogP contribution in [0.25, 0.3) is 11.3 Å². The molecule has 1 unspecified atom stereocenters. The molecule has 0 amide bonds. The second kappa shape index (κ2) is 8.35. The Hall–Kier alpha value is -3.54. The van der Waals surface area contributed by atoms with Crippen molar-refractivity contribution >= 4 is 17.6 Å². The number of aromatic hydroxyl groups is 1. The second-order valence-electron chi connectivity index (χ2n) is 8.64. The number of hydrogen-bond donors (Lipinski definition) is 5. The Kier molecular flexibility index (Phi) is 5.80. The highest BCUT2D eigenvalue weighted by molar-refractivity contribution is 5.92. The topological polar surface area (TPSA) is 157 Å². The van der Waals surface area contributed by atoms with Crippen LogP contribution in [0, 0.1) is 11.8 Å². The van der Waals surface area contributed by atoms with Gasteiger partial charge in [-0.25, -0.2) is 9.59 Å². The number of fused-ring (bicyclic) bond motifs is 4. The molecule has 1 aromatic heterocycles. The van der Waals surface area contributed by atoms with E-state index in [1.165, 1.54) is 0 Å². The predicted molar refractivity (Wildman–Crippen MR) is 114 cm³/mol. The number of pyridine rings is 1. The molecule has 1 aromatic carbocycles. The molecule has 2 aliphatic carbocycles. The molecule has 1 saturated heterocycles. The summed E-state index contributed by atoms with van der Waals surface area (Å²) in [5.41, 5.74) is 8.84. The van der Waals surface area contributed by atoms with Gasteiger partial charge >= 0.3 is 18.1 Å². The van der Waals surface area contributed by atoms with Crippen LogP contribution >= 0.6 is 0 Å². The first-order valence-corrected chi connectivity index (χ1v) is 10.6. The highest BCUT2D eigenvalue weighted by Gasteiger charge is 2.53. The molecule has 1 saturated carbocycles. The number of aliphatic carboxylic acids is 1. The fraction of sp³-hybridized carbons (Fsp3) is 0.409. The molecule has 9 nitrogen and oxygen atoms in total. The van der Waals surface area contributed by atoms with E-state index in [9.17, 15) is 33.0 Å². The number of piperidine rings is 1. The standard InChI is InChI=1S/C20H21N3O4.C2HF3O2/c21-16-13-7-23(8-14(13)16)10-4-5-11-9(6-10)2-1-3-12-17(11)22-19(25)15(18(12)24)20(26)27;3-2(4,5)1(6)7/h4-6,13-14,16H,1-3,7-8,21H2,(H,26,27)(H2,22,24,25);(H,6,7)/t13-,14+,16?;. The first kappa shape index (κ1) is 23.6. The number of nitrogens with two attached hydrogens (primary N) is 1. The third-order valence-electron chi connectivity index (χ3n) is 6.60. The van der Waals surface area contributed by atoms with Crippen molar-refractivity contribution in [2.45, 2.75) is 31.5 Å². The van der Waals surface area contributed by atoms with E-state index >= 15 is 0 Å². The van der Waals surface area contributed by atoms with Gasteiger partial charge in [-0.05, 0) is 48.8 Å². The number of nitrogens with one attached hydrogen (secondary N) is 1. The van der Waals surface area contributed by atoms with E-state index in [2.05, 4.69) is 16.0 Å². The lowest BCUT2D eigenvalue weighted by molar-refractivity contribution is -0.192. The maximum Gasteiger partial charge on any atom is 0.490 e. The van der Waals surface area contributed by atoms with E-state index in [-0.39, 0.29) is 0 Å². The van der Waals surface area contributed by atoms with Crippen molar-refractivity contribution in [3.05, 3.63) is 45.2 Å². The van der Waals surface area contributed by atoms with E-state index < -0.39 is 35.0 Å². The number of aryl methyl sites for hydroxylation is 1. The summed E-state index contributed by atoms with van der Waals surface area (Å²) in [5.74, 6) is -3.37. The average molecular weight is 481 g/mol. The summed E-state index contributed by atoms with van der Waals surface area (Å²) in [6, 6.07) is 6.51. The number of aromatic amines is 1. The molecule has 2 heterocycles. The third kappa shape index (κ3) is 4.20. The van der Waals surface area contributed by atoms with Gasteiger partial charge < -0.3 is 30.9 Å². The quantitative estimate of drug-likeness (QED) is 0.436. The minimum atomic E-state index is -5.08. The summed E-state index contributed by atoms with van der Waals surface area (Å²) in [4.78, 5) is 37.5. The Morgan fingerprint density at radius 1 is 1.12 bits per heavy atom. The van der Waals surface area contributed by atoms with E-state index in [0.29, 0.717) is 35.6 Å². The fourth-order valence-corrected chi connectivity index (χ4v) is 4.77. The molecule has 0 radical (unpaired) electrons. The SMILES string of the molecule is NC1[C@H]2CN(c3ccc4c(c3)CCCc3c-4[nH]c(=O)c(C(=O)O)c3O)C[C@@H]12.O=C(O)C(F)(F)F. The number of carbonyl (C=O) groups is 2. The number of anilines is 1. The van der Waals surface area contributed by atoms with Crippen LogP contribution in [0.4, 0.5) is 18.9 Å². The molecule has 6 N–H and O–H groups in total. The molecular weight excluding hydrogens is 459 g/mol. The van der Waals surface area contributed by atoms with Gasteiger partial charge in [-0.2, -0.15) is 13.2 Å². The molecule has 1 aliphatic heterocycles. The molecule has 5 rings (SSSR count). The van der Waals surface area contributed by atoms with Gasteiger partial charge in [0, 0.05) is 35.9 Å². The largest absolute Gasteiger partial charge is 0.506 e. The highest BCUT2D eigenvalue weighted by Crippen LogP contribution is 2.46. The molecule has 2 fully saturated rings. The van der Waals surface area contributed by atoms with Crippen molar-refractivity contribution in [1.82, 2.24) is 4.98 Å². The number of carboxylic acid groups (broad SMARTS) is 2. The van der Waals surface area contributed by atoms with Gasteiger partial charge in [-0.1, -0.05) is 6.07 Å². The number of rotatable bonds is 2. The van der Waals surface area contributed by atoms with Gasteiger partial charge in [0.25, 0.3) is 5.56 Å². The number of nitrogens with zero attached hydrogens (tertiary/aromatic N) is 1. The zero-order valence-electron chi connectivity index (χ0n) is 17.7. The number of alkyl halides is 3. The first-order valence-electron chi connectivity index (χ1n) is 10.6. The van der Waals surface area contributed by atoms with E-state index in [1.807, 2.05) is 12.1 Å². The molecule has 34 heavy (non-hydrogen) atoms. The third-order valence-corrected chi connectivity index (χ3v) is 6.60. The minimum Gasteiger partial charge on any atom is -0.506 e. The summed E-state index contributed by atoms with van der Waals surface area (Å²) >= 11 is 0. The Morgan fingerprint density at radius 2 is 1.74 bits per heavy atom. The van der Waals surface area contributed by atoms with Crippen LogP contribution in [0.1, 0.15) is 27.9 Å². The van der Waals surface area contributed by atoms with Gasteiger partial charge in [0.05, 0.1) is 5.69 Å². The van der Waals surface area contributed by atoms with Gasteiger partial charge in [0.1, 0.15) is 5.75 Å². The number of aromatic nitrogens is 1. The molecule has 0 bridgehead atoms. The molecule has 182 valence electrons. The van der Waals surface area contributed by atoms with Crippen molar-refractivity contribution < 1.29 is 38.1 Å². The van der Waals surface area contributed by atoms with Gasteiger partial charge in [-0.15, -0.1) is 0 Å². The lowest BCUT2D eigenvalue weighted by atomic mass is 9.99. The summed E-state index contributed by atoms with van der Waals surface area (Å²) < 4.78 is 31.7. The number of benzene rings is 1. The number of hydrogen-bond acceptors (Lipinski definition) is 6. The normalized spacial score (nSPS) is 22.5. The summed E-state index contributed by atoms with van der Waals surface area (Å²) in [5, 5.41) is 26.7. The molecule has 2 aromatic rings. The van der Waals surface area contributed by atoms with Crippen LogP contribution in [-0.4, -0.2) is 57.5 Å². The molecule has 0 spiro atoms. The summed E-state index contributed by atoms with van der Waals surface area (Å²) in [6.45, 7) is 1.97. The fourth-order valence-electron chi connectivity index (χ4n) is 4.77. The number of H-pyrrole nitrogens is 1. The van der Waals surface area contributed by atoms with Crippen LogP contribution in [0.2, 0.25) is 0 Å². The van der Waals surface area contributed by atoms with Crippen molar-refractivity contribution in [3.8, 4) is 17.0 Å². The molecule has 3 atom stereocenters. The highest BCUT2D eigenvalue weighted by atomic mass is 19.4. The van der Waals surface area contributed by atoms with E-state index in [0.717, 1.165) is 42.7 Å². The molecule has 12 heteroatoms. The minimum absolute atomic E-state index is 0.352. The van der Waals surface area contributed by atoms with Crippen molar-refractivity contribution in [1.29, 1.82) is 0 Å². The van der Waals surface area contributed by atoms with Gasteiger partial charge in [0.15, 0.2) is 5.56 Å². The Labute approximate surface area is 190 Å².